The number of ether oxygens (including phenoxy) is 2. The third kappa shape index (κ3) is 4.34. The highest BCUT2D eigenvalue weighted by Gasteiger charge is 2.09. The Labute approximate surface area is 100 Å². The Morgan fingerprint density at radius 1 is 1.31 bits per heavy atom. The van der Waals surface area contributed by atoms with Crippen molar-refractivity contribution in [1.82, 2.24) is 4.98 Å². The van der Waals surface area contributed by atoms with Crippen molar-refractivity contribution in [2.24, 2.45) is 0 Å². The molecule has 92 valence electrons. The molecule has 0 saturated heterocycles. The zero-order valence-corrected chi connectivity index (χ0v) is 10.6. The normalized spacial score (nSPS) is 10.6. The molecule has 0 radical (unpaired) electrons. The summed E-state index contributed by atoms with van der Waals surface area (Å²) in [5.41, 5.74) is 5.67. The van der Waals surface area contributed by atoms with E-state index >= 15 is 0 Å². The average molecular weight is 245 g/mol. The molecule has 0 unspecified atom stereocenters. The van der Waals surface area contributed by atoms with Crippen molar-refractivity contribution < 1.29 is 9.47 Å². The van der Waals surface area contributed by atoms with E-state index in [1.807, 2.05) is 0 Å². The number of thiazole rings is 1. The summed E-state index contributed by atoms with van der Waals surface area (Å²) >= 11 is 1.50. The summed E-state index contributed by atoms with van der Waals surface area (Å²) < 4.78 is 10.1. The Hall–Kier alpha value is -0.850. The monoisotopic (exact) mass is 245 g/mol. The van der Waals surface area contributed by atoms with Gasteiger partial charge in [-0.15, -0.1) is 0 Å². The van der Waals surface area contributed by atoms with Gasteiger partial charge in [-0.05, 0) is 6.42 Å². The van der Waals surface area contributed by atoms with Gasteiger partial charge in [-0.3, -0.25) is 0 Å². The molecule has 0 atom stereocenters. The fourth-order valence-corrected chi connectivity index (χ4v) is 2.06. The van der Waals surface area contributed by atoms with Crippen molar-refractivity contribution in [1.29, 1.82) is 0 Å². The van der Waals surface area contributed by atoms with Crippen LogP contribution in [-0.4, -0.2) is 45.5 Å². The van der Waals surface area contributed by atoms with Gasteiger partial charge in [-0.2, -0.15) is 0 Å². The lowest BCUT2D eigenvalue weighted by molar-refractivity contribution is 0.191. The Bertz CT molecular complexity index is 293. The van der Waals surface area contributed by atoms with E-state index in [1.54, 1.807) is 20.4 Å². The van der Waals surface area contributed by atoms with Crippen molar-refractivity contribution in [3.05, 3.63) is 6.20 Å². The standard InChI is InChI=1S/C10H19N3O2S/c1-14-6-3-4-13(5-7-15-2)10-12-8-9(11)16-10/h8H,3-7,11H2,1-2H3. The fourth-order valence-electron chi connectivity index (χ4n) is 1.33. The zero-order valence-electron chi connectivity index (χ0n) is 9.81. The van der Waals surface area contributed by atoms with E-state index in [2.05, 4.69) is 9.88 Å². The van der Waals surface area contributed by atoms with Crippen LogP contribution in [0.1, 0.15) is 6.42 Å². The minimum atomic E-state index is 0.687. The first-order valence-corrected chi connectivity index (χ1v) is 6.03. The largest absolute Gasteiger partial charge is 0.389 e. The van der Waals surface area contributed by atoms with Crippen LogP contribution >= 0.6 is 11.3 Å². The highest BCUT2D eigenvalue weighted by molar-refractivity contribution is 7.19. The van der Waals surface area contributed by atoms with Crippen LogP contribution < -0.4 is 10.6 Å². The molecule has 1 heterocycles. The zero-order chi connectivity index (χ0) is 11.8. The van der Waals surface area contributed by atoms with Crippen LogP contribution in [0.3, 0.4) is 0 Å². The van der Waals surface area contributed by atoms with E-state index in [9.17, 15) is 0 Å². The molecule has 0 spiro atoms. The Morgan fingerprint density at radius 2 is 2.06 bits per heavy atom. The maximum atomic E-state index is 5.67. The number of nitrogens with two attached hydrogens (primary N) is 1. The lowest BCUT2D eigenvalue weighted by atomic mass is 10.4. The van der Waals surface area contributed by atoms with Gasteiger partial charge in [0.15, 0.2) is 5.13 Å². The summed E-state index contributed by atoms with van der Waals surface area (Å²) in [5, 5.41) is 1.69. The topological polar surface area (TPSA) is 60.6 Å². The number of nitrogens with zero attached hydrogens (tertiary/aromatic N) is 2. The van der Waals surface area contributed by atoms with Gasteiger partial charge in [-0.25, -0.2) is 4.98 Å². The lowest BCUT2D eigenvalue weighted by Crippen LogP contribution is -2.28. The summed E-state index contributed by atoms with van der Waals surface area (Å²) in [6.07, 6.45) is 2.66. The molecule has 0 fully saturated rings. The van der Waals surface area contributed by atoms with E-state index in [4.69, 9.17) is 15.2 Å². The second kappa shape index (κ2) is 7.43. The number of anilines is 2. The van der Waals surface area contributed by atoms with Crippen LogP contribution in [0.25, 0.3) is 0 Å². The number of hydrogen-bond acceptors (Lipinski definition) is 6. The van der Waals surface area contributed by atoms with E-state index in [-0.39, 0.29) is 0 Å². The molecule has 16 heavy (non-hydrogen) atoms. The van der Waals surface area contributed by atoms with Crippen LogP contribution in [-0.2, 0) is 9.47 Å². The predicted molar refractivity (Wildman–Crippen MR) is 67.1 cm³/mol. The molecular formula is C10H19N3O2S. The number of nitrogen functional groups attached to an aromatic ring is 1. The fraction of sp³-hybridized carbons (Fsp3) is 0.700. The molecular weight excluding hydrogens is 226 g/mol. The summed E-state index contributed by atoms with van der Waals surface area (Å²) in [5.74, 6) is 0. The summed E-state index contributed by atoms with van der Waals surface area (Å²) in [6.45, 7) is 3.17. The number of hydrogen-bond donors (Lipinski definition) is 1. The molecule has 2 N–H and O–H groups in total. The number of aromatic nitrogens is 1. The molecule has 0 aliphatic carbocycles. The van der Waals surface area contributed by atoms with Crippen LogP contribution in [0.4, 0.5) is 10.1 Å². The summed E-state index contributed by atoms with van der Waals surface area (Å²) in [6, 6.07) is 0. The highest BCUT2D eigenvalue weighted by Crippen LogP contribution is 2.23. The molecule has 1 rings (SSSR count). The highest BCUT2D eigenvalue weighted by atomic mass is 32.1. The van der Waals surface area contributed by atoms with Crippen molar-refractivity contribution in [3.8, 4) is 0 Å². The van der Waals surface area contributed by atoms with Crippen molar-refractivity contribution in [2.75, 3.05) is 51.2 Å². The minimum absolute atomic E-state index is 0.687. The van der Waals surface area contributed by atoms with Gasteiger partial charge in [-0.1, -0.05) is 11.3 Å². The summed E-state index contributed by atoms with van der Waals surface area (Å²) in [4.78, 5) is 6.44. The van der Waals surface area contributed by atoms with E-state index in [1.165, 1.54) is 11.3 Å². The smallest absolute Gasteiger partial charge is 0.187 e. The third-order valence-electron chi connectivity index (χ3n) is 2.12. The molecule has 1 aromatic heterocycles. The van der Waals surface area contributed by atoms with Crippen molar-refractivity contribution in [2.45, 2.75) is 6.42 Å². The average Bonchev–Trinajstić information content (AvgIpc) is 2.70. The van der Waals surface area contributed by atoms with E-state index < -0.39 is 0 Å². The SMILES string of the molecule is COCCCN(CCOC)c1ncc(N)s1. The van der Waals surface area contributed by atoms with Crippen LogP contribution in [0.2, 0.25) is 0 Å². The molecule has 0 saturated carbocycles. The van der Waals surface area contributed by atoms with Gasteiger partial charge < -0.3 is 20.1 Å². The quantitative estimate of drug-likeness (QED) is 0.698. The van der Waals surface area contributed by atoms with Gasteiger partial charge in [0, 0.05) is 33.9 Å². The number of methoxy groups -OCH3 is 2. The van der Waals surface area contributed by atoms with E-state index in [0.717, 1.165) is 36.2 Å². The first kappa shape index (κ1) is 13.2. The predicted octanol–water partition coefficient (Wildman–Crippen LogP) is 1.21. The maximum absolute atomic E-state index is 5.67. The van der Waals surface area contributed by atoms with Crippen molar-refractivity contribution >= 4 is 21.5 Å². The molecule has 0 aromatic carbocycles. The molecule has 6 heteroatoms. The van der Waals surface area contributed by atoms with E-state index in [0.29, 0.717) is 6.61 Å². The van der Waals surface area contributed by atoms with Gasteiger partial charge in [0.1, 0.15) is 5.00 Å². The maximum Gasteiger partial charge on any atom is 0.187 e. The first-order valence-electron chi connectivity index (χ1n) is 5.22. The molecule has 0 aliphatic heterocycles. The van der Waals surface area contributed by atoms with Crippen LogP contribution in [0, 0.1) is 0 Å². The second-order valence-corrected chi connectivity index (χ2v) is 4.41. The minimum Gasteiger partial charge on any atom is -0.389 e. The Morgan fingerprint density at radius 3 is 2.62 bits per heavy atom. The molecule has 1 aromatic rings. The molecule has 0 amide bonds. The summed E-state index contributed by atoms with van der Waals surface area (Å²) in [7, 11) is 3.41. The van der Waals surface area contributed by atoms with Crippen molar-refractivity contribution in [3.63, 3.8) is 0 Å². The van der Waals surface area contributed by atoms with Gasteiger partial charge in [0.25, 0.3) is 0 Å². The molecule has 5 nitrogen and oxygen atoms in total. The molecule has 0 aliphatic rings. The lowest BCUT2D eigenvalue weighted by Gasteiger charge is -2.21. The van der Waals surface area contributed by atoms with Crippen LogP contribution in [0.15, 0.2) is 6.20 Å². The second-order valence-electron chi connectivity index (χ2n) is 3.37. The Kier molecular flexibility index (Phi) is 6.14. The van der Waals surface area contributed by atoms with Gasteiger partial charge >= 0.3 is 0 Å². The van der Waals surface area contributed by atoms with Gasteiger partial charge in [0.05, 0.1) is 12.8 Å². The van der Waals surface area contributed by atoms with Gasteiger partial charge in [0.2, 0.25) is 0 Å². The van der Waals surface area contributed by atoms with Crippen LogP contribution in [0.5, 0.6) is 0 Å². The first-order chi connectivity index (χ1) is 7.77. The Balaban J connectivity index is 2.49. The number of rotatable bonds is 8. The molecule has 0 bridgehead atoms. The third-order valence-corrected chi connectivity index (χ3v) is 3.01.